The van der Waals surface area contributed by atoms with Gasteiger partial charge in [-0.3, -0.25) is 4.79 Å². The highest BCUT2D eigenvalue weighted by molar-refractivity contribution is 6.33. The van der Waals surface area contributed by atoms with Gasteiger partial charge in [-0.2, -0.15) is 5.10 Å². The third-order valence-electron chi connectivity index (χ3n) is 5.24. The molecule has 0 saturated heterocycles. The number of aryl methyl sites for hydroxylation is 1. The first-order valence-corrected chi connectivity index (χ1v) is 10.9. The summed E-state index contributed by atoms with van der Waals surface area (Å²) in [6, 6.07) is 9.20. The zero-order chi connectivity index (χ0) is 23.0. The van der Waals surface area contributed by atoms with Crippen molar-refractivity contribution in [3.8, 4) is 11.5 Å². The van der Waals surface area contributed by atoms with Crippen LogP contribution in [-0.4, -0.2) is 41.8 Å². The van der Waals surface area contributed by atoms with Gasteiger partial charge in [0, 0.05) is 17.5 Å². The van der Waals surface area contributed by atoms with Gasteiger partial charge in [-0.25, -0.2) is 9.67 Å². The number of pyridine rings is 1. The predicted octanol–water partition coefficient (Wildman–Crippen LogP) is 5.07. The van der Waals surface area contributed by atoms with Crippen LogP contribution >= 0.6 is 11.6 Å². The van der Waals surface area contributed by atoms with E-state index in [0.717, 1.165) is 11.0 Å². The predicted molar refractivity (Wildman–Crippen MR) is 122 cm³/mol. The maximum atomic E-state index is 13.5. The van der Waals surface area contributed by atoms with E-state index in [4.69, 9.17) is 16.0 Å². The van der Waals surface area contributed by atoms with E-state index in [2.05, 4.69) is 20.3 Å². The second kappa shape index (κ2) is 8.70. The molecule has 32 heavy (non-hydrogen) atoms. The van der Waals surface area contributed by atoms with Crippen LogP contribution in [0.25, 0.3) is 22.5 Å². The van der Waals surface area contributed by atoms with E-state index in [0.29, 0.717) is 33.6 Å². The summed E-state index contributed by atoms with van der Waals surface area (Å²) in [4.78, 5) is 19.8. The standard InChI is InChI=1S/C23H25ClN6O2/c1-13(2)29(12-20-27-28-22(32-20)17-8-6-7-9-19(17)24)23(31)18-10-16-11-25-30(14(3)4)21(16)26-15(18)5/h6-11,13-14H,12H2,1-5H3. The van der Waals surface area contributed by atoms with Crippen molar-refractivity contribution in [2.24, 2.45) is 0 Å². The Hall–Kier alpha value is -3.26. The molecular formula is C23H25ClN6O2. The lowest BCUT2D eigenvalue weighted by Crippen LogP contribution is -2.37. The fraction of sp³-hybridized carbons (Fsp3) is 0.348. The molecule has 0 aliphatic carbocycles. The Balaban J connectivity index is 1.63. The lowest BCUT2D eigenvalue weighted by atomic mass is 10.1. The molecule has 0 N–H and O–H groups in total. The molecule has 4 rings (SSSR count). The molecule has 0 aliphatic rings. The molecule has 3 heterocycles. The monoisotopic (exact) mass is 452 g/mol. The fourth-order valence-corrected chi connectivity index (χ4v) is 3.73. The smallest absolute Gasteiger partial charge is 0.256 e. The van der Waals surface area contributed by atoms with Crippen molar-refractivity contribution in [2.75, 3.05) is 0 Å². The quantitative estimate of drug-likeness (QED) is 0.405. The van der Waals surface area contributed by atoms with Gasteiger partial charge < -0.3 is 9.32 Å². The minimum Gasteiger partial charge on any atom is -0.419 e. The minimum absolute atomic E-state index is 0.0911. The lowest BCUT2D eigenvalue weighted by molar-refractivity contribution is 0.0671. The molecule has 9 heteroatoms. The molecule has 0 bridgehead atoms. The average Bonchev–Trinajstić information content (AvgIpc) is 3.37. The van der Waals surface area contributed by atoms with Gasteiger partial charge in [-0.15, -0.1) is 10.2 Å². The van der Waals surface area contributed by atoms with Crippen molar-refractivity contribution in [2.45, 2.75) is 53.2 Å². The summed E-state index contributed by atoms with van der Waals surface area (Å²) in [7, 11) is 0. The van der Waals surface area contributed by atoms with Crippen molar-refractivity contribution >= 4 is 28.5 Å². The molecule has 0 spiro atoms. The highest BCUT2D eigenvalue weighted by Crippen LogP contribution is 2.27. The Kier molecular flexibility index (Phi) is 5.97. The third kappa shape index (κ3) is 4.10. The number of halogens is 1. The van der Waals surface area contributed by atoms with Crippen molar-refractivity contribution < 1.29 is 9.21 Å². The fourth-order valence-electron chi connectivity index (χ4n) is 3.51. The Morgan fingerprint density at radius 2 is 1.94 bits per heavy atom. The number of nitrogens with zero attached hydrogens (tertiary/aromatic N) is 6. The summed E-state index contributed by atoms with van der Waals surface area (Å²) < 4.78 is 7.67. The molecule has 0 fully saturated rings. The number of benzene rings is 1. The minimum atomic E-state index is -0.151. The highest BCUT2D eigenvalue weighted by atomic mass is 35.5. The molecule has 0 aliphatic heterocycles. The van der Waals surface area contributed by atoms with E-state index in [1.54, 1.807) is 17.2 Å². The second-order valence-electron chi connectivity index (χ2n) is 8.22. The van der Waals surface area contributed by atoms with Gasteiger partial charge in [0.05, 0.1) is 34.6 Å². The normalized spacial score (nSPS) is 11.6. The van der Waals surface area contributed by atoms with Crippen LogP contribution < -0.4 is 0 Å². The molecule has 0 unspecified atom stereocenters. The first-order valence-electron chi connectivity index (χ1n) is 10.5. The topological polar surface area (TPSA) is 89.9 Å². The molecule has 0 radical (unpaired) electrons. The van der Waals surface area contributed by atoms with E-state index < -0.39 is 0 Å². The Bertz CT molecular complexity index is 1280. The van der Waals surface area contributed by atoms with E-state index in [1.165, 1.54) is 0 Å². The van der Waals surface area contributed by atoms with Crippen LogP contribution in [0.2, 0.25) is 5.02 Å². The van der Waals surface area contributed by atoms with Crippen LogP contribution in [0.4, 0.5) is 0 Å². The third-order valence-corrected chi connectivity index (χ3v) is 5.57. The second-order valence-corrected chi connectivity index (χ2v) is 8.63. The zero-order valence-electron chi connectivity index (χ0n) is 18.7. The molecule has 3 aromatic heterocycles. The number of carbonyl (C=O) groups excluding carboxylic acids is 1. The summed E-state index contributed by atoms with van der Waals surface area (Å²) in [5.41, 5.74) is 2.60. The average molecular weight is 453 g/mol. The van der Waals surface area contributed by atoms with Crippen molar-refractivity contribution in [3.05, 3.63) is 58.7 Å². The van der Waals surface area contributed by atoms with Gasteiger partial charge in [0.25, 0.3) is 5.91 Å². The van der Waals surface area contributed by atoms with E-state index in [-0.39, 0.29) is 24.5 Å². The molecular weight excluding hydrogens is 428 g/mol. The molecule has 1 aromatic carbocycles. The molecule has 1 amide bonds. The maximum Gasteiger partial charge on any atom is 0.256 e. The van der Waals surface area contributed by atoms with Gasteiger partial charge in [-0.1, -0.05) is 23.7 Å². The van der Waals surface area contributed by atoms with Crippen LogP contribution in [-0.2, 0) is 6.54 Å². The lowest BCUT2D eigenvalue weighted by Gasteiger charge is -2.25. The molecule has 0 atom stereocenters. The number of hydrogen-bond acceptors (Lipinski definition) is 6. The van der Waals surface area contributed by atoms with Gasteiger partial charge in [0.15, 0.2) is 5.65 Å². The van der Waals surface area contributed by atoms with Crippen LogP contribution in [0.3, 0.4) is 0 Å². The number of carbonyl (C=O) groups is 1. The summed E-state index contributed by atoms with van der Waals surface area (Å²) in [5, 5.41) is 14.0. The Morgan fingerprint density at radius 3 is 2.62 bits per heavy atom. The van der Waals surface area contributed by atoms with Gasteiger partial charge >= 0.3 is 0 Å². The number of amides is 1. The number of hydrogen-bond donors (Lipinski definition) is 0. The van der Waals surface area contributed by atoms with Gasteiger partial charge in [0.1, 0.15) is 0 Å². The van der Waals surface area contributed by atoms with Crippen molar-refractivity contribution in [1.29, 1.82) is 0 Å². The van der Waals surface area contributed by atoms with Crippen LogP contribution in [0, 0.1) is 6.92 Å². The number of fused-ring (bicyclic) bond motifs is 1. The van der Waals surface area contributed by atoms with Crippen LogP contribution in [0.1, 0.15) is 55.7 Å². The van der Waals surface area contributed by atoms with Crippen LogP contribution in [0.15, 0.2) is 40.9 Å². The maximum absolute atomic E-state index is 13.5. The van der Waals surface area contributed by atoms with Crippen molar-refractivity contribution in [3.63, 3.8) is 0 Å². The molecule has 166 valence electrons. The molecule has 4 aromatic rings. The van der Waals surface area contributed by atoms with Crippen LogP contribution in [0.5, 0.6) is 0 Å². The van der Waals surface area contributed by atoms with Gasteiger partial charge in [-0.05, 0) is 52.8 Å². The van der Waals surface area contributed by atoms with E-state index in [9.17, 15) is 4.79 Å². The first-order chi connectivity index (χ1) is 15.3. The SMILES string of the molecule is Cc1nc2c(cnn2C(C)C)cc1C(=O)N(Cc1nnc(-c2ccccc2Cl)o1)C(C)C. The Morgan fingerprint density at radius 1 is 1.19 bits per heavy atom. The van der Waals surface area contributed by atoms with E-state index in [1.807, 2.05) is 63.6 Å². The largest absolute Gasteiger partial charge is 0.419 e. The molecule has 0 saturated carbocycles. The summed E-state index contributed by atoms with van der Waals surface area (Å²) >= 11 is 6.23. The molecule has 8 nitrogen and oxygen atoms in total. The van der Waals surface area contributed by atoms with Gasteiger partial charge in [0.2, 0.25) is 11.8 Å². The highest BCUT2D eigenvalue weighted by Gasteiger charge is 2.25. The Labute approximate surface area is 191 Å². The number of aromatic nitrogens is 5. The summed E-state index contributed by atoms with van der Waals surface area (Å²) in [6.45, 7) is 10.00. The summed E-state index contributed by atoms with van der Waals surface area (Å²) in [6.07, 6.45) is 1.74. The zero-order valence-corrected chi connectivity index (χ0v) is 19.5. The van der Waals surface area contributed by atoms with Crippen molar-refractivity contribution in [1.82, 2.24) is 29.9 Å². The first kappa shape index (κ1) is 22.0. The summed E-state index contributed by atoms with van der Waals surface area (Å²) in [5.74, 6) is 0.505. The van der Waals surface area contributed by atoms with E-state index >= 15 is 0 Å². The number of rotatable bonds is 6.